The Morgan fingerprint density at radius 2 is 1.95 bits per heavy atom. The van der Waals surface area contributed by atoms with E-state index in [2.05, 4.69) is 24.4 Å². The molecule has 0 aliphatic heterocycles. The molecule has 0 aliphatic rings. The molecule has 0 saturated carbocycles. The normalized spacial score (nSPS) is 11.2. The van der Waals surface area contributed by atoms with Crippen molar-refractivity contribution in [1.29, 1.82) is 0 Å². The summed E-state index contributed by atoms with van der Waals surface area (Å²) in [5.74, 6) is 0. The Bertz CT molecular complexity index is 410. The molecule has 4 nitrogen and oxygen atoms in total. The lowest BCUT2D eigenvalue weighted by atomic mass is 10.1. The van der Waals surface area contributed by atoms with E-state index >= 15 is 0 Å². The van der Waals surface area contributed by atoms with Crippen LogP contribution in [0.15, 0.2) is 24.3 Å². The highest BCUT2D eigenvalue weighted by Gasteiger charge is 2.16. The molecule has 0 heterocycles. The second kappa shape index (κ2) is 7.14. The maximum absolute atomic E-state index is 11.3. The van der Waals surface area contributed by atoms with E-state index in [-0.39, 0.29) is 0 Å². The second-order valence-corrected chi connectivity index (χ2v) is 5.42. The average molecular weight is 265 g/mol. The molecule has 106 valence electrons. The third-order valence-corrected chi connectivity index (χ3v) is 2.46. The molecule has 0 aliphatic carbocycles. The standard InChI is InChI=1S/C15H23NO3/c1-12-7-5-6-8-13(12)11-16-9-10-18-14(17)19-15(2,3)4/h5-8,16H,9-11H2,1-4H3. The fraction of sp³-hybridized carbons (Fsp3) is 0.533. The monoisotopic (exact) mass is 265 g/mol. The third kappa shape index (κ3) is 6.82. The third-order valence-electron chi connectivity index (χ3n) is 2.46. The van der Waals surface area contributed by atoms with Gasteiger partial charge in [0.2, 0.25) is 0 Å². The van der Waals surface area contributed by atoms with Crippen molar-refractivity contribution in [3.63, 3.8) is 0 Å². The summed E-state index contributed by atoms with van der Waals surface area (Å²) in [6, 6.07) is 8.19. The summed E-state index contributed by atoms with van der Waals surface area (Å²) < 4.78 is 10.00. The number of benzene rings is 1. The summed E-state index contributed by atoms with van der Waals surface area (Å²) in [7, 11) is 0. The van der Waals surface area contributed by atoms with E-state index in [1.54, 1.807) is 0 Å². The lowest BCUT2D eigenvalue weighted by molar-refractivity contribution is -0.00661. The lowest BCUT2D eigenvalue weighted by Gasteiger charge is -2.18. The molecule has 0 bridgehead atoms. The van der Waals surface area contributed by atoms with E-state index in [4.69, 9.17) is 9.47 Å². The number of carbonyl (C=O) groups is 1. The number of hydrogen-bond donors (Lipinski definition) is 1. The van der Waals surface area contributed by atoms with Crippen molar-refractivity contribution < 1.29 is 14.3 Å². The summed E-state index contributed by atoms with van der Waals surface area (Å²) in [6.07, 6.45) is -0.620. The van der Waals surface area contributed by atoms with Crippen LogP contribution in [-0.2, 0) is 16.0 Å². The summed E-state index contributed by atoms with van der Waals surface area (Å²) in [5.41, 5.74) is 1.99. The molecule has 0 atom stereocenters. The first-order chi connectivity index (χ1) is 8.88. The smallest absolute Gasteiger partial charge is 0.433 e. The highest BCUT2D eigenvalue weighted by molar-refractivity contribution is 5.60. The van der Waals surface area contributed by atoms with Gasteiger partial charge in [0.1, 0.15) is 12.2 Å². The molecule has 0 unspecified atom stereocenters. The van der Waals surface area contributed by atoms with E-state index in [0.29, 0.717) is 13.2 Å². The Hall–Kier alpha value is -1.55. The largest absolute Gasteiger partial charge is 0.508 e. The van der Waals surface area contributed by atoms with E-state index in [9.17, 15) is 4.79 Å². The van der Waals surface area contributed by atoms with E-state index in [0.717, 1.165) is 6.54 Å². The van der Waals surface area contributed by atoms with Gasteiger partial charge in [0.05, 0.1) is 0 Å². The minimum absolute atomic E-state index is 0.306. The molecule has 0 aromatic heterocycles. The predicted octanol–water partition coefficient (Wildman–Crippen LogP) is 3.04. The molecular formula is C15H23NO3. The maximum atomic E-state index is 11.3. The summed E-state index contributed by atoms with van der Waals surface area (Å²) in [4.78, 5) is 11.3. The number of hydrogen-bond acceptors (Lipinski definition) is 4. The maximum Gasteiger partial charge on any atom is 0.508 e. The molecule has 0 fully saturated rings. The van der Waals surface area contributed by atoms with Crippen molar-refractivity contribution in [3.8, 4) is 0 Å². The van der Waals surface area contributed by atoms with Gasteiger partial charge in [-0.15, -0.1) is 0 Å². The zero-order valence-corrected chi connectivity index (χ0v) is 12.2. The molecule has 4 heteroatoms. The van der Waals surface area contributed by atoms with Crippen LogP contribution in [-0.4, -0.2) is 24.9 Å². The Morgan fingerprint density at radius 1 is 1.26 bits per heavy atom. The van der Waals surface area contributed by atoms with Gasteiger partial charge in [0, 0.05) is 13.1 Å². The van der Waals surface area contributed by atoms with E-state index < -0.39 is 11.8 Å². The van der Waals surface area contributed by atoms with Crippen LogP contribution in [0.4, 0.5) is 4.79 Å². The highest BCUT2D eigenvalue weighted by atomic mass is 16.7. The van der Waals surface area contributed by atoms with Crippen molar-refractivity contribution in [1.82, 2.24) is 5.32 Å². The number of aryl methyl sites for hydroxylation is 1. The van der Waals surface area contributed by atoms with Crippen molar-refractivity contribution in [2.45, 2.75) is 39.8 Å². The van der Waals surface area contributed by atoms with Crippen LogP contribution in [0.3, 0.4) is 0 Å². The van der Waals surface area contributed by atoms with Crippen LogP contribution in [0.2, 0.25) is 0 Å². The van der Waals surface area contributed by atoms with Crippen LogP contribution in [0, 0.1) is 6.92 Å². The summed E-state index contributed by atoms with van der Waals surface area (Å²) in [5, 5.41) is 3.23. The first-order valence-electron chi connectivity index (χ1n) is 6.49. The van der Waals surface area contributed by atoms with Gasteiger partial charge < -0.3 is 14.8 Å². The Morgan fingerprint density at radius 3 is 2.58 bits per heavy atom. The van der Waals surface area contributed by atoms with E-state index in [1.165, 1.54) is 11.1 Å². The number of ether oxygens (including phenoxy) is 2. The summed E-state index contributed by atoms with van der Waals surface area (Å²) >= 11 is 0. The molecule has 0 saturated heterocycles. The molecule has 1 aromatic rings. The van der Waals surface area contributed by atoms with Crippen LogP contribution in [0.5, 0.6) is 0 Å². The van der Waals surface area contributed by atoms with Crippen LogP contribution >= 0.6 is 0 Å². The van der Waals surface area contributed by atoms with Crippen molar-refractivity contribution in [2.75, 3.05) is 13.2 Å². The van der Waals surface area contributed by atoms with Crippen molar-refractivity contribution >= 4 is 6.16 Å². The predicted molar refractivity (Wildman–Crippen MR) is 75.1 cm³/mol. The first-order valence-corrected chi connectivity index (χ1v) is 6.49. The molecule has 1 aromatic carbocycles. The quantitative estimate of drug-likeness (QED) is 0.656. The van der Waals surface area contributed by atoms with Gasteiger partial charge in [-0.2, -0.15) is 0 Å². The van der Waals surface area contributed by atoms with Gasteiger partial charge in [0.15, 0.2) is 0 Å². The lowest BCUT2D eigenvalue weighted by Crippen LogP contribution is -2.27. The minimum atomic E-state index is -0.620. The minimum Gasteiger partial charge on any atom is -0.433 e. The zero-order chi connectivity index (χ0) is 14.3. The zero-order valence-electron chi connectivity index (χ0n) is 12.2. The van der Waals surface area contributed by atoms with Gasteiger partial charge >= 0.3 is 6.16 Å². The molecular weight excluding hydrogens is 242 g/mol. The SMILES string of the molecule is Cc1ccccc1CNCCOC(=O)OC(C)(C)C. The first kappa shape index (κ1) is 15.5. The molecule has 0 amide bonds. The summed E-state index contributed by atoms with van der Waals surface area (Å²) in [6.45, 7) is 9.19. The fourth-order valence-electron chi connectivity index (χ4n) is 1.52. The molecule has 1 N–H and O–H groups in total. The van der Waals surface area contributed by atoms with E-state index in [1.807, 2.05) is 32.9 Å². The Kier molecular flexibility index (Phi) is 5.83. The molecule has 0 radical (unpaired) electrons. The highest BCUT2D eigenvalue weighted by Crippen LogP contribution is 2.08. The van der Waals surface area contributed by atoms with Gasteiger partial charge in [-0.1, -0.05) is 24.3 Å². The van der Waals surface area contributed by atoms with Crippen LogP contribution in [0.25, 0.3) is 0 Å². The van der Waals surface area contributed by atoms with Gasteiger partial charge in [0.25, 0.3) is 0 Å². The van der Waals surface area contributed by atoms with Gasteiger partial charge in [-0.25, -0.2) is 4.79 Å². The topological polar surface area (TPSA) is 47.6 Å². The van der Waals surface area contributed by atoms with Crippen LogP contribution in [0.1, 0.15) is 31.9 Å². The van der Waals surface area contributed by atoms with Gasteiger partial charge in [-0.05, 0) is 38.8 Å². The average Bonchev–Trinajstić information content (AvgIpc) is 2.28. The number of carbonyl (C=O) groups excluding carboxylic acids is 1. The Balaban J connectivity index is 2.15. The Labute approximate surface area is 115 Å². The number of nitrogens with one attached hydrogen (secondary N) is 1. The molecule has 1 rings (SSSR count). The second-order valence-electron chi connectivity index (χ2n) is 5.42. The van der Waals surface area contributed by atoms with Crippen molar-refractivity contribution in [3.05, 3.63) is 35.4 Å². The molecule has 19 heavy (non-hydrogen) atoms. The fourth-order valence-corrected chi connectivity index (χ4v) is 1.52. The molecule has 0 spiro atoms. The number of rotatable bonds is 5. The van der Waals surface area contributed by atoms with Crippen molar-refractivity contribution in [2.24, 2.45) is 0 Å². The van der Waals surface area contributed by atoms with Gasteiger partial charge in [-0.3, -0.25) is 0 Å². The van der Waals surface area contributed by atoms with Crippen LogP contribution < -0.4 is 5.32 Å².